The lowest BCUT2D eigenvalue weighted by Crippen LogP contribution is -2.48. The zero-order chi connectivity index (χ0) is 21.8. The van der Waals surface area contributed by atoms with Crippen molar-refractivity contribution < 1.29 is 21.9 Å². The fourth-order valence-electron chi connectivity index (χ4n) is 3.31. The maximum Gasteiger partial charge on any atom is 0.248 e. The summed E-state index contributed by atoms with van der Waals surface area (Å²) in [5.41, 5.74) is 1.07. The number of aromatic nitrogens is 2. The van der Waals surface area contributed by atoms with Gasteiger partial charge in [-0.25, -0.2) is 31.9 Å². The molecule has 2 unspecified atom stereocenters. The van der Waals surface area contributed by atoms with Crippen molar-refractivity contribution >= 4 is 10.0 Å². The first-order chi connectivity index (χ1) is 14.2. The van der Waals surface area contributed by atoms with Crippen molar-refractivity contribution in [3.63, 3.8) is 0 Å². The molecule has 0 aliphatic heterocycles. The highest BCUT2D eigenvalue weighted by atomic mass is 32.2. The van der Waals surface area contributed by atoms with Crippen LogP contribution in [0.4, 0.5) is 8.78 Å². The largest absolute Gasteiger partial charge is 0.493 e. The number of rotatable bonds is 7. The van der Waals surface area contributed by atoms with E-state index in [0.29, 0.717) is 22.7 Å². The Labute approximate surface area is 174 Å². The normalized spacial score (nSPS) is 21.0. The number of hydrogen-bond acceptors (Lipinski definition) is 6. The minimum Gasteiger partial charge on any atom is -0.493 e. The zero-order valence-electron chi connectivity index (χ0n) is 16.4. The van der Waals surface area contributed by atoms with E-state index in [1.165, 1.54) is 19.3 Å². The highest BCUT2D eigenvalue weighted by Gasteiger charge is 2.42. The third kappa shape index (κ3) is 5.70. The molecule has 0 saturated heterocycles. The highest BCUT2D eigenvalue weighted by molar-refractivity contribution is 7.89. The van der Waals surface area contributed by atoms with Gasteiger partial charge in [0.05, 0.1) is 17.9 Å². The Morgan fingerprint density at radius 2 is 1.93 bits per heavy atom. The second-order valence-corrected chi connectivity index (χ2v) is 9.27. The Kier molecular flexibility index (Phi) is 6.63. The summed E-state index contributed by atoms with van der Waals surface area (Å²) in [5.74, 6) is -2.66. The maximum atomic E-state index is 13.9. The average molecular weight is 436 g/mol. The summed E-state index contributed by atoms with van der Waals surface area (Å²) < 4.78 is 59.8. The SMILES string of the molecule is CCS(=O)(=O)NC1CCC(F)(F)CC1COc1ccc(-c2ncc(C#N)cn2)cc1. The summed E-state index contributed by atoms with van der Waals surface area (Å²) in [6.45, 7) is 1.48. The fourth-order valence-corrected chi connectivity index (χ4v) is 4.25. The summed E-state index contributed by atoms with van der Waals surface area (Å²) in [6.07, 6.45) is 2.14. The first-order valence-corrected chi connectivity index (χ1v) is 11.2. The van der Waals surface area contributed by atoms with Gasteiger partial charge in [-0.2, -0.15) is 5.26 Å². The number of ether oxygens (including phenoxy) is 1. The number of benzene rings is 1. The number of nitrogens with one attached hydrogen (secondary N) is 1. The first kappa shape index (κ1) is 22.1. The molecule has 1 aliphatic carbocycles. The summed E-state index contributed by atoms with van der Waals surface area (Å²) in [6, 6.07) is 8.16. The van der Waals surface area contributed by atoms with Crippen LogP contribution in [0.25, 0.3) is 11.4 Å². The molecule has 2 atom stereocenters. The van der Waals surface area contributed by atoms with E-state index in [1.807, 2.05) is 6.07 Å². The minimum atomic E-state index is -3.50. The Bertz CT molecular complexity index is 1010. The van der Waals surface area contributed by atoms with Crippen molar-refractivity contribution in [3.8, 4) is 23.2 Å². The van der Waals surface area contributed by atoms with Gasteiger partial charge in [0.25, 0.3) is 0 Å². The minimum absolute atomic E-state index is 0.0286. The lowest BCUT2D eigenvalue weighted by Gasteiger charge is -2.36. The number of nitrogens with zero attached hydrogens (tertiary/aromatic N) is 3. The van der Waals surface area contributed by atoms with Gasteiger partial charge in [-0.15, -0.1) is 0 Å². The molecule has 0 bridgehead atoms. The van der Waals surface area contributed by atoms with Crippen molar-refractivity contribution in [3.05, 3.63) is 42.2 Å². The van der Waals surface area contributed by atoms with Gasteiger partial charge < -0.3 is 4.74 Å². The number of halogens is 2. The van der Waals surface area contributed by atoms with Crippen molar-refractivity contribution in [2.75, 3.05) is 12.4 Å². The van der Waals surface area contributed by atoms with Gasteiger partial charge in [-0.1, -0.05) is 0 Å². The Hall–Kier alpha value is -2.64. The van der Waals surface area contributed by atoms with Crippen LogP contribution >= 0.6 is 0 Å². The molecule has 1 aromatic carbocycles. The third-order valence-electron chi connectivity index (χ3n) is 5.02. The maximum absolute atomic E-state index is 13.9. The lowest BCUT2D eigenvalue weighted by molar-refractivity contribution is -0.0660. The second kappa shape index (κ2) is 9.02. The topological polar surface area (TPSA) is 105 Å². The first-order valence-electron chi connectivity index (χ1n) is 9.54. The number of hydrogen-bond donors (Lipinski definition) is 1. The molecule has 0 spiro atoms. The molecule has 1 aromatic heterocycles. The van der Waals surface area contributed by atoms with Gasteiger partial charge in [0, 0.05) is 42.8 Å². The number of nitriles is 1. The highest BCUT2D eigenvalue weighted by Crippen LogP contribution is 2.37. The zero-order valence-corrected chi connectivity index (χ0v) is 17.2. The Morgan fingerprint density at radius 3 is 2.53 bits per heavy atom. The van der Waals surface area contributed by atoms with Crippen LogP contribution in [0.2, 0.25) is 0 Å². The van der Waals surface area contributed by atoms with Crippen molar-refractivity contribution in [2.24, 2.45) is 5.92 Å². The number of sulfonamides is 1. The molecule has 1 fully saturated rings. The van der Waals surface area contributed by atoms with Crippen molar-refractivity contribution in [1.82, 2.24) is 14.7 Å². The van der Waals surface area contributed by atoms with E-state index in [9.17, 15) is 17.2 Å². The van der Waals surface area contributed by atoms with E-state index >= 15 is 0 Å². The molecule has 1 heterocycles. The predicted octanol–water partition coefficient (Wildman–Crippen LogP) is 3.14. The Morgan fingerprint density at radius 1 is 1.27 bits per heavy atom. The molecule has 3 rings (SSSR count). The molecule has 0 amide bonds. The van der Waals surface area contributed by atoms with Gasteiger partial charge in [0.2, 0.25) is 15.9 Å². The monoisotopic (exact) mass is 436 g/mol. The smallest absolute Gasteiger partial charge is 0.248 e. The summed E-state index contributed by atoms with van der Waals surface area (Å²) in [7, 11) is -3.50. The molecule has 160 valence electrons. The average Bonchev–Trinajstić information content (AvgIpc) is 2.74. The van der Waals surface area contributed by atoms with Gasteiger partial charge in [0.1, 0.15) is 11.8 Å². The van der Waals surface area contributed by atoms with Crippen molar-refractivity contribution in [1.29, 1.82) is 5.26 Å². The molecule has 7 nitrogen and oxygen atoms in total. The quantitative estimate of drug-likeness (QED) is 0.715. The van der Waals surface area contributed by atoms with Crippen LogP contribution in [0.5, 0.6) is 5.75 Å². The van der Waals surface area contributed by atoms with Crippen LogP contribution in [-0.2, 0) is 10.0 Å². The summed E-state index contributed by atoms with van der Waals surface area (Å²) >= 11 is 0. The van der Waals surface area contributed by atoms with E-state index < -0.39 is 34.3 Å². The van der Waals surface area contributed by atoms with E-state index in [4.69, 9.17) is 10.00 Å². The van der Waals surface area contributed by atoms with Crippen LogP contribution in [0, 0.1) is 17.2 Å². The molecule has 1 saturated carbocycles. The van der Waals surface area contributed by atoms with E-state index in [0.717, 1.165) is 0 Å². The van der Waals surface area contributed by atoms with E-state index in [1.54, 1.807) is 24.3 Å². The van der Waals surface area contributed by atoms with Gasteiger partial charge >= 0.3 is 0 Å². The van der Waals surface area contributed by atoms with Crippen LogP contribution in [0.3, 0.4) is 0 Å². The fraction of sp³-hybridized carbons (Fsp3) is 0.450. The second-order valence-electron chi connectivity index (χ2n) is 7.23. The molecular weight excluding hydrogens is 414 g/mol. The number of alkyl halides is 2. The summed E-state index contributed by atoms with van der Waals surface area (Å²) in [5, 5.41) is 8.80. The van der Waals surface area contributed by atoms with Crippen LogP contribution < -0.4 is 9.46 Å². The van der Waals surface area contributed by atoms with Gasteiger partial charge in [0.15, 0.2) is 5.82 Å². The Balaban J connectivity index is 1.66. The molecule has 1 aliphatic rings. The molecule has 2 aromatic rings. The molecule has 10 heteroatoms. The molecule has 30 heavy (non-hydrogen) atoms. The van der Waals surface area contributed by atoms with Crippen LogP contribution in [-0.4, -0.2) is 42.7 Å². The molecular formula is C20H22F2N4O3S. The van der Waals surface area contributed by atoms with E-state index in [-0.39, 0.29) is 25.2 Å². The molecule has 0 radical (unpaired) electrons. The lowest BCUT2D eigenvalue weighted by atomic mass is 9.83. The standard InChI is InChI=1S/C20H22F2N4O3S/c1-2-30(27,28)26-18-7-8-20(21,22)9-16(18)13-29-17-5-3-15(4-6-17)19-24-11-14(10-23)12-25-19/h3-6,11-12,16,18,26H,2,7-9,13H2,1H3. The van der Waals surface area contributed by atoms with Gasteiger partial charge in [-0.05, 0) is 37.6 Å². The van der Waals surface area contributed by atoms with Crippen LogP contribution in [0.15, 0.2) is 36.7 Å². The van der Waals surface area contributed by atoms with Gasteiger partial charge in [-0.3, -0.25) is 0 Å². The third-order valence-corrected chi connectivity index (χ3v) is 6.44. The van der Waals surface area contributed by atoms with Crippen LogP contribution in [0.1, 0.15) is 31.7 Å². The predicted molar refractivity (Wildman–Crippen MR) is 106 cm³/mol. The summed E-state index contributed by atoms with van der Waals surface area (Å²) in [4.78, 5) is 8.23. The van der Waals surface area contributed by atoms with Crippen molar-refractivity contribution in [2.45, 2.75) is 38.2 Å². The molecule has 1 N–H and O–H groups in total. The van der Waals surface area contributed by atoms with E-state index in [2.05, 4.69) is 14.7 Å².